The van der Waals surface area contributed by atoms with Crippen LogP contribution in [0.4, 0.5) is 10.1 Å². The normalized spacial score (nSPS) is 10.7. The summed E-state index contributed by atoms with van der Waals surface area (Å²) in [4.78, 5) is 27.5. The predicted octanol–water partition coefficient (Wildman–Crippen LogP) is 3.92. The van der Waals surface area contributed by atoms with Gasteiger partial charge in [0.25, 0.3) is 5.91 Å². The molecule has 0 aliphatic rings. The summed E-state index contributed by atoms with van der Waals surface area (Å²) < 4.78 is 13.2. The molecule has 1 heterocycles. The Kier molecular flexibility index (Phi) is 6.70. The molecule has 0 aliphatic heterocycles. The molecule has 0 unspecified atom stereocenters. The van der Waals surface area contributed by atoms with Crippen molar-refractivity contribution in [3.8, 4) is 0 Å². The van der Waals surface area contributed by atoms with E-state index in [0.717, 1.165) is 19.3 Å². The summed E-state index contributed by atoms with van der Waals surface area (Å²) in [5.74, 6) is -1.04. The van der Waals surface area contributed by atoms with E-state index in [0.29, 0.717) is 10.6 Å². The van der Waals surface area contributed by atoms with Crippen LogP contribution in [0, 0.1) is 5.82 Å². The number of halogens is 1. The lowest BCUT2D eigenvalue weighted by Gasteiger charge is -2.21. The van der Waals surface area contributed by atoms with Crippen LogP contribution in [0.3, 0.4) is 0 Å². The fraction of sp³-hybridized carbons (Fsp3) is 0.368. The molecule has 0 saturated heterocycles. The topological polar surface area (TPSA) is 63.4 Å². The fourth-order valence-electron chi connectivity index (χ4n) is 2.63. The van der Waals surface area contributed by atoms with E-state index in [-0.39, 0.29) is 24.7 Å². The number of rotatable bonds is 8. The van der Waals surface area contributed by atoms with Gasteiger partial charge >= 0.3 is 0 Å². The first-order valence-corrected chi connectivity index (χ1v) is 9.25. The van der Waals surface area contributed by atoms with Crippen LogP contribution in [0.25, 0.3) is 0 Å². The third-order valence-corrected chi connectivity index (χ3v) is 5.16. The third kappa shape index (κ3) is 4.89. The van der Waals surface area contributed by atoms with E-state index in [1.807, 2.05) is 6.07 Å². The quantitative estimate of drug-likeness (QED) is 0.773. The van der Waals surface area contributed by atoms with Crippen LogP contribution in [0.2, 0.25) is 0 Å². The maximum Gasteiger partial charge on any atom is 0.268 e. The average molecular weight is 362 g/mol. The van der Waals surface area contributed by atoms with Crippen LogP contribution in [0.1, 0.15) is 46.8 Å². The number of hydrogen-bond donors (Lipinski definition) is 1. The standard InChI is InChI=1S/C19H23FN2O2S/c1-3-5-16-13(4-2)12-17(25-16)19(24)22(11-10-18(21)23)15-8-6-14(20)7-9-15/h6-9,12H,3-5,10-11H2,1-2H3,(H2,21,23). The largest absolute Gasteiger partial charge is 0.370 e. The molecule has 134 valence electrons. The Morgan fingerprint density at radius 3 is 2.44 bits per heavy atom. The second-order valence-corrected chi connectivity index (χ2v) is 6.95. The summed E-state index contributed by atoms with van der Waals surface area (Å²) in [5, 5.41) is 0. The van der Waals surface area contributed by atoms with Gasteiger partial charge in [-0.3, -0.25) is 9.59 Å². The number of anilines is 1. The molecule has 25 heavy (non-hydrogen) atoms. The van der Waals surface area contributed by atoms with Gasteiger partial charge in [0.15, 0.2) is 0 Å². The maximum atomic E-state index is 13.2. The van der Waals surface area contributed by atoms with Crippen molar-refractivity contribution in [2.24, 2.45) is 5.73 Å². The number of carbonyl (C=O) groups is 2. The van der Waals surface area contributed by atoms with Gasteiger partial charge in [0.2, 0.25) is 5.91 Å². The molecule has 0 radical (unpaired) electrons. The molecule has 2 N–H and O–H groups in total. The molecule has 0 saturated carbocycles. The van der Waals surface area contributed by atoms with Crippen molar-refractivity contribution in [2.75, 3.05) is 11.4 Å². The highest BCUT2D eigenvalue weighted by atomic mass is 32.1. The van der Waals surface area contributed by atoms with Crippen molar-refractivity contribution in [3.05, 3.63) is 51.5 Å². The molecule has 4 nitrogen and oxygen atoms in total. The van der Waals surface area contributed by atoms with E-state index in [4.69, 9.17) is 5.73 Å². The third-order valence-electron chi connectivity index (χ3n) is 3.93. The molecule has 6 heteroatoms. The zero-order valence-corrected chi connectivity index (χ0v) is 15.4. The molecule has 2 rings (SSSR count). The molecule has 0 bridgehead atoms. The highest BCUT2D eigenvalue weighted by Crippen LogP contribution is 2.27. The van der Waals surface area contributed by atoms with Gasteiger partial charge in [-0.1, -0.05) is 20.3 Å². The van der Waals surface area contributed by atoms with E-state index < -0.39 is 5.91 Å². The van der Waals surface area contributed by atoms with Gasteiger partial charge in [-0.15, -0.1) is 11.3 Å². The number of thiophene rings is 1. The smallest absolute Gasteiger partial charge is 0.268 e. The molecule has 2 amide bonds. The van der Waals surface area contributed by atoms with Crippen molar-refractivity contribution in [1.29, 1.82) is 0 Å². The molecule has 1 aromatic carbocycles. The van der Waals surface area contributed by atoms with Crippen molar-refractivity contribution in [1.82, 2.24) is 0 Å². The number of amides is 2. The monoisotopic (exact) mass is 362 g/mol. The number of aryl methyl sites for hydroxylation is 2. The van der Waals surface area contributed by atoms with Gasteiger partial charge in [-0.2, -0.15) is 0 Å². The Morgan fingerprint density at radius 2 is 1.88 bits per heavy atom. The Morgan fingerprint density at radius 1 is 1.20 bits per heavy atom. The van der Waals surface area contributed by atoms with E-state index in [1.54, 1.807) is 0 Å². The average Bonchev–Trinajstić information content (AvgIpc) is 2.99. The van der Waals surface area contributed by atoms with Crippen molar-refractivity contribution >= 4 is 28.8 Å². The summed E-state index contributed by atoms with van der Waals surface area (Å²) in [6, 6.07) is 7.60. The lowest BCUT2D eigenvalue weighted by Crippen LogP contribution is -2.33. The van der Waals surface area contributed by atoms with Crippen LogP contribution < -0.4 is 10.6 Å². The molecule has 0 fully saturated rings. The van der Waals surface area contributed by atoms with Crippen molar-refractivity contribution in [2.45, 2.75) is 39.5 Å². The first-order chi connectivity index (χ1) is 12.0. The minimum atomic E-state index is -0.480. The van der Waals surface area contributed by atoms with Gasteiger partial charge in [-0.05, 0) is 48.7 Å². The van der Waals surface area contributed by atoms with E-state index >= 15 is 0 Å². The van der Waals surface area contributed by atoms with Gasteiger partial charge in [0, 0.05) is 23.5 Å². The second-order valence-electron chi connectivity index (χ2n) is 5.81. The van der Waals surface area contributed by atoms with E-state index in [1.165, 1.54) is 50.9 Å². The molecule has 1 aromatic heterocycles. The molecule has 0 atom stereocenters. The Balaban J connectivity index is 2.34. The summed E-state index contributed by atoms with van der Waals surface area (Å²) >= 11 is 1.50. The van der Waals surface area contributed by atoms with Crippen LogP contribution in [-0.4, -0.2) is 18.4 Å². The number of primary amides is 1. The molecule has 0 aliphatic carbocycles. The maximum absolute atomic E-state index is 13.2. The highest BCUT2D eigenvalue weighted by Gasteiger charge is 2.21. The molecular weight excluding hydrogens is 339 g/mol. The zero-order chi connectivity index (χ0) is 18.4. The minimum Gasteiger partial charge on any atom is -0.370 e. The van der Waals surface area contributed by atoms with Crippen molar-refractivity contribution in [3.63, 3.8) is 0 Å². The lowest BCUT2D eigenvalue weighted by atomic mass is 10.1. The number of benzene rings is 1. The Bertz CT molecular complexity index is 740. The van der Waals surface area contributed by atoms with Crippen LogP contribution >= 0.6 is 11.3 Å². The molecule has 2 aromatic rings. The SMILES string of the molecule is CCCc1sc(C(=O)N(CCC(N)=O)c2ccc(F)cc2)cc1CC. The first kappa shape index (κ1) is 19.1. The summed E-state index contributed by atoms with van der Waals surface area (Å²) in [5.41, 5.74) is 6.97. The van der Waals surface area contributed by atoms with Gasteiger partial charge < -0.3 is 10.6 Å². The second kappa shape index (κ2) is 8.76. The number of carbonyl (C=O) groups excluding carboxylic acids is 2. The van der Waals surface area contributed by atoms with Crippen LogP contribution in [-0.2, 0) is 17.6 Å². The highest BCUT2D eigenvalue weighted by molar-refractivity contribution is 7.14. The molecular formula is C19H23FN2O2S. The first-order valence-electron chi connectivity index (χ1n) is 8.43. The summed E-state index contributed by atoms with van der Waals surface area (Å²) in [6.07, 6.45) is 2.89. The van der Waals surface area contributed by atoms with Crippen LogP contribution in [0.15, 0.2) is 30.3 Å². The van der Waals surface area contributed by atoms with Gasteiger partial charge in [0.1, 0.15) is 5.82 Å². The Hall–Kier alpha value is -2.21. The number of nitrogens with two attached hydrogens (primary N) is 1. The van der Waals surface area contributed by atoms with E-state index in [2.05, 4.69) is 13.8 Å². The van der Waals surface area contributed by atoms with Gasteiger partial charge in [-0.25, -0.2) is 4.39 Å². The predicted molar refractivity (Wildman–Crippen MR) is 99.6 cm³/mol. The summed E-state index contributed by atoms with van der Waals surface area (Å²) in [6.45, 7) is 4.35. The number of hydrogen-bond acceptors (Lipinski definition) is 3. The zero-order valence-electron chi connectivity index (χ0n) is 14.5. The minimum absolute atomic E-state index is 0.0525. The van der Waals surface area contributed by atoms with Crippen LogP contribution in [0.5, 0.6) is 0 Å². The lowest BCUT2D eigenvalue weighted by molar-refractivity contribution is -0.117. The molecule has 0 spiro atoms. The summed E-state index contributed by atoms with van der Waals surface area (Å²) in [7, 11) is 0. The fourth-order valence-corrected chi connectivity index (χ4v) is 3.94. The number of nitrogens with zero attached hydrogens (tertiary/aromatic N) is 1. The van der Waals surface area contributed by atoms with Crippen molar-refractivity contribution < 1.29 is 14.0 Å². The van der Waals surface area contributed by atoms with E-state index in [9.17, 15) is 14.0 Å². The van der Waals surface area contributed by atoms with Gasteiger partial charge in [0.05, 0.1) is 4.88 Å². The Labute approximate surface area is 151 Å².